The lowest BCUT2D eigenvalue weighted by atomic mass is 9.95. The number of hydrogen-bond donors (Lipinski definition) is 1. The summed E-state index contributed by atoms with van der Waals surface area (Å²) in [6, 6.07) is 9.59. The number of carbonyl (C=O) groups excluding carboxylic acids is 2. The second kappa shape index (κ2) is 7.82. The summed E-state index contributed by atoms with van der Waals surface area (Å²) in [7, 11) is 0. The Morgan fingerprint density at radius 1 is 1.27 bits per heavy atom. The first-order chi connectivity index (χ1) is 10.6. The van der Waals surface area contributed by atoms with Crippen LogP contribution in [0.3, 0.4) is 0 Å². The first-order valence-electron chi connectivity index (χ1n) is 7.84. The summed E-state index contributed by atoms with van der Waals surface area (Å²) >= 11 is 0. The highest BCUT2D eigenvalue weighted by Gasteiger charge is 2.28. The maximum atomic E-state index is 12.4. The van der Waals surface area contributed by atoms with Gasteiger partial charge in [0.1, 0.15) is 5.75 Å². The van der Waals surface area contributed by atoms with Crippen LogP contribution in [0.5, 0.6) is 5.75 Å². The molecule has 1 atom stereocenters. The standard InChI is InChI=1S/C17H24N2O3/c1-13(9-12-22-15-5-3-2-4-6-15)17(21)19-10-7-14(8-11-19)16(18)20/h2-6,13-14H,7-12H2,1H3,(H2,18,20). The second-order valence-electron chi connectivity index (χ2n) is 5.85. The van der Waals surface area contributed by atoms with Gasteiger partial charge in [-0.1, -0.05) is 25.1 Å². The van der Waals surface area contributed by atoms with Crippen molar-refractivity contribution in [3.8, 4) is 5.75 Å². The van der Waals surface area contributed by atoms with Crippen molar-refractivity contribution in [1.82, 2.24) is 4.90 Å². The molecule has 0 aromatic heterocycles. The van der Waals surface area contributed by atoms with Gasteiger partial charge in [0.2, 0.25) is 11.8 Å². The number of hydrogen-bond acceptors (Lipinski definition) is 3. The molecule has 0 bridgehead atoms. The quantitative estimate of drug-likeness (QED) is 0.871. The topological polar surface area (TPSA) is 72.6 Å². The first-order valence-corrected chi connectivity index (χ1v) is 7.84. The molecule has 22 heavy (non-hydrogen) atoms. The molecular weight excluding hydrogens is 280 g/mol. The smallest absolute Gasteiger partial charge is 0.225 e. The molecule has 1 fully saturated rings. The van der Waals surface area contributed by atoms with Gasteiger partial charge in [-0.05, 0) is 31.4 Å². The average molecular weight is 304 g/mol. The Labute approximate surface area is 131 Å². The number of carbonyl (C=O) groups is 2. The van der Waals surface area contributed by atoms with Gasteiger partial charge < -0.3 is 15.4 Å². The van der Waals surface area contributed by atoms with Gasteiger partial charge in [-0.2, -0.15) is 0 Å². The van der Waals surface area contributed by atoms with Gasteiger partial charge in [-0.25, -0.2) is 0 Å². The number of amides is 2. The zero-order chi connectivity index (χ0) is 15.9. The maximum absolute atomic E-state index is 12.4. The number of likely N-dealkylation sites (tertiary alicyclic amines) is 1. The Hall–Kier alpha value is -2.04. The predicted octanol–water partition coefficient (Wildman–Crippen LogP) is 1.82. The minimum absolute atomic E-state index is 0.0751. The van der Waals surface area contributed by atoms with Crippen LogP contribution in [0.25, 0.3) is 0 Å². The van der Waals surface area contributed by atoms with E-state index in [1.54, 1.807) is 0 Å². The SMILES string of the molecule is CC(CCOc1ccccc1)C(=O)N1CCC(C(N)=O)CC1. The molecule has 1 unspecified atom stereocenters. The molecule has 0 saturated carbocycles. The number of para-hydroxylation sites is 1. The fourth-order valence-corrected chi connectivity index (χ4v) is 2.69. The lowest BCUT2D eigenvalue weighted by molar-refractivity contribution is -0.138. The van der Waals surface area contributed by atoms with Crippen LogP contribution in [0.15, 0.2) is 30.3 Å². The van der Waals surface area contributed by atoms with Gasteiger partial charge in [-0.15, -0.1) is 0 Å². The van der Waals surface area contributed by atoms with Crippen molar-refractivity contribution in [2.24, 2.45) is 17.6 Å². The molecule has 5 heteroatoms. The summed E-state index contributed by atoms with van der Waals surface area (Å²) in [6.45, 7) is 3.69. The number of rotatable bonds is 6. The van der Waals surface area contributed by atoms with E-state index >= 15 is 0 Å². The fourth-order valence-electron chi connectivity index (χ4n) is 2.69. The molecule has 5 nitrogen and oxygen atoms in total. The van der Waals surface area contributed by atoms with Crippen molar-refractivity contribution in [2.45, 2.75) is 26.2 Å². The van der Waals surface area contributed by atoms with E-state index in [4.69, 9.17) is 10.5 Å². The van der Waals surface area contributed by atoms with Gasteiger partial charge in [0.05, 0.1) is 6.61 Å². The third-order valence-corrected chi connectivity index (χ3v) is 4.19. The lowest BCUT2D eigenvalue weighted by Gasteiger charge is -2.32. The van der Waals surface area contributed by atoms with Gasteiger partial charge >= 0.3 is 0 Å². The molecule has 1 aliphatic heterocycles. The predicted molar refractivity (Wildman–Crippen MR) is 84.2 cm³/mol. The van der Waals surface area contributed by atoms with Crippen molar-refractivity contribution >= 4 is 11.8 Å². The molecule has 0 spiro atoms. The van der Waals surface area contributed by atoms with E-state index < -0.39 is 0 Å². The van der Waals surface area contributed by atoms with E-state index in [-0.39, 0.29) is 23.7 Å². The van der Waals surface area contributed by atoms with E-state index in [0.717, 1.165) is 5.75 Å². The Morgan fingerprint density at radius 2 is 1.91 bits per heavy atom. The molecular formula is C17H24N2O3. The zero-order valence-corrected chi connectivity index (χ0v) is 13.0. The van der Waals surface area contributed by atoms with E-state index in [9.17, 15) is 9.59 Å². The molecule has 2 N–H and O–H groups in total. The van der Waals surface area contributed by atoms with Crippen LogP contribution in [0.2, 0.25) is 0 Å². The molecule has 0 radical (unpaired) electrons. The molecule has 2 amide bonds. The van der Waals surface area contributed by atoms with E-state index in [1.807, 2.05) is 42.2 Å². The van der Waals surface area contributed by atoms with Crippen molar-refractivity contribution in [3.63, 3.8) is 0 Å². The number of piperidine rings is 1. The largest absolute Gasteiger partial charge is 0.494 e. The van der Waals surface area contributed by atoms with E-state index in [2.05, 4.69) is 0 Å². The molecule has 1 aliphatic rings. The monoisotopic (exact) mass is 304 g/mol. The summed E-state index contributed by atoms with van der Waals surface area (Å²) in [5.74, 6) is 0.551. The highest BCUT2D eigenvalue weighted by Crippen LogP contribution is 2.19. The van der Waals surface area contributed by atoms with Crippen LogP contribution < -0.4 is 10.5 Å². The van der Waals surface area contributed by atoms with Crippen LogP contribution in [0.4, 0.5) is 0 Å². The molecule has 120 valence electrons. The van der Waals surface area contributed by atoms with Gasteiger partial charge in [0.25, 0.3) is 0 Å². The van der Waals surface area contributed by atoms with E-state index in [0.29, 0.717) is 39.0 Å². The van der Waals surface area contributed by atoms with Gasteiger partial charge in [0, 0.05) is 24.9 Å². The Bertz CT molecular complexity index is 496. The highest BCUT2D eigenvalue weighted by atomic mass is 16.5. The summed E-state index contributed by atoms with van der Waals surface area (Å²) in [6.07, 6.45) is 2.03. The number of nitrogens with two attached hydrogens (primary N) is 1. The van der Waals surface area contributed by atoms with Crippen molar-refractivity contribution in [3.05, 3.63) is 30.3 Å². The summed E-state index contributed by atoms with van der Waals surface area (Å²) in [4.78, 5) is 25.4. The molecule has 1 aromatic rings. The van der Waals surface area contributed by atoms with Crippen molar-refractivity contribution in [2.75, 3.05) is 19.7 Å². The summed E-state index contributed by atoms with van der Waals surface area (Å²) in [5.41, 5.74) is 5.31. The lowest BCUT2D eigenvalue weighted by Crippen LogP contribution is -2.43. The normalized spacial score (nSPS) is 17.0. The van der Waals surface area contributed by atoms with Crippen LogP contribution >= 0.6 is 0 Å². The third kappa shape index (κ3) is 4.48. The van der Waals surface area contributed by atoms with E-state index in [1.165, 1.54) is 0 Å². The highest BCUT2D eigenvalue weighted by molar-refractivity contribution is 5.80. The zero-order valence-electron chi connectivity index (χ0n) is 13.0. The Morgan fingerprint density at radius 3 is 2.50 bits per heavy atom. The minimum atomic E-state index is -0.253. The van der Waals surface area contributed by atoms with Crippen LogP contribution in [0.1, 0.15) is 26.2 Å². The maximum Gasteiger partial charge on any atom is 0.225 e. The van der Waals surface area contributed by atoms with Gasteiger partial charge in [0.15, 0.2) is 0 Å². The average Bonchev–Trinajstić information content (AvgIpc) is 2.55. The Kier molecular flexibility index (Phi) is 5.81. The molecule has 0 aliphatic carbocycles. The number of primary amides is 1. The molecule has 1 aromatic carbocycles. The van der Waals surface area contributed by atoms with Gasteiger partial charge in [-0.3, -0.25) is 9.59 Å². The van der Waals surface area contributed by atoms with Crippen LogP contribution in [-0.4, -0.2) is 36.4 Å². The summed E-state index contributed by atoms with van der Waals surface area (Å²) in [5, 5.41) is 0. The first kappa shape index (κ1) is 16.3. The summed E-state index contributed by atoms with van der Waals surface area (Å²) < 4.78 is 5.63. The molecule has 1 saturated heterocycles. The number of ether oxygens (including phenoxy) is 1. The van der Waals surface area contributed by atoms with Crippen LogP contribution in [-0.2, 0) is 9.59 Å². The minimum Gasteiger partial charge on any atom is -0.494 e. The third-order valence-electron chi connectivity index (χ3n) is 4.19. The Balaban J connectivity index is 1.72. The second-order valence-corrected chi connectivity index (χ2v) is 5.85. The van der Waals surface area contributed by atoms with Crippen LogP contribution in [0, 0.1) is 11.8 Å². The van der Waals surface area contributed by atoms with Crippen molar-refractivity contribution < 1.29 is 14.3 Å². The molecule has 1 heterocycles. The molecule has 2 rings (SSSR count). The number of nitrogens with zero attached hydrogens (tertiary/aromatic N) is 1. The fraction of sp³-hybridized carbons (Fsp3) is 0.529. The van der Waals surface area contributed by atoms with Crippen molar-refractivity contribution in [1.29, 1.82) is 0 Å². The number of benzene rings is 1.